The van der Waals surface area contributed by atoms with E-state index in [4.69, 9.17) is 17.0 Å². The van der Waals surface area contributed by atoms with Gasteiger partial charge in [0.05, 0.1) is 7.11 Å². The van der Waals surface area contributed by atoms with E-state index < -0.39 is 0 Å². The Morgan fingerprint density at radius 2 is 1.61 bits per heavy atom. The number of hydrogen-bond donors (Lipinski definition) is 2. The highest BCUT2D eigenvalue weighted by atomic mass is 32.1. The molecule has 0 aromatic heterocycles. The summed E-state index contributed by atoms with van der Waals surface area (Å²) in [6.45, 7) is 1.64. The van der Waals surface area contributed by atoms with Gasteiger partial charge in [0.2, 0.25) is 5.91 Å². The number of ether oxygens (including phenoxy) is 1. The zero-order valence-corrected chi connectivity index (χ0v) is 18.4. The molecule has 162 valence electrons. The van der Waals surface area contributed by atoms with E-state index in [2.05, 4.69) is 10.6 Å². The Hall–Kier alpha value is -3.19. The van der Waals surface area contributed by atoms with Crippen molar-refractivity contribution in [2.75, 3.05) is 25.5 Å². The second-order valence-corrected chi connectivity index (χ2v) is 7.74. The first-order valence-corrected chi connectivity index (χ1v) is 10.8. The van der Waals surface area contributed by atoms with E-state index in [0.29, 0.717) is 11.3 Å². The van der Waals surface area contributed by atoms with Crippen LogP contribution in [0.15, 0.2) is 54.6 Å². The Morgan fingerprint density at radius 3 is 2.23 bits per heavy atom. The number of thiocarbonyl (C=S) groups is 1. The molecule has 2 amide bonds. The molecule has 1 saturated heterocycles. The van der Waals surface area contributed by atoms with Crippen LogP contribution in [0.3, 0.4) is 0 Å². The zero-order chi connectivity index (χ0) is 22.1. The predicted octanol–water partition coefficient (Wildman–Crippen LogP) is 4.24. The lowest BCUT2D eigenvalue weighted by molar-refractivity contribution is -0.115. The first-order chi connectivity index (χ1) is 15.0. The van der Waals surface area contributed by atoms with E-state index in [1.54, 1.807) is 37.5 Å². The van der Waals surface area contributed by atoms with Crippen LogP contribution in [0, 0.1) is 0 Å². The van der Waals surface area contributed by atoms with Crippen LogP contribution in [0.4, 0.5) is 5.69 Å². The minimum absolute atomic E-state index is 0.0630. The lowest BCUT2D eigenvalue weighted by Gasteiger charge is -2.20. The molecule has 2 aromatic carbocycles. The Kier molecular flexibility index (Phi) is 8.18. The zero-order valence-electron chi connectivity index (χ0n) is 17.6. The molecule has 1 aliphatic rings. The number of nitrogens with one attached hydrogen (secondary N) is 2. The van der Waals surface area contributed by atoms with E-state index in [0.717, 1.165) is 37.2 Å². The lowest BCUT2D eigenvalue weighted by Crippen LogP contribution is -2.33. The molecule has 7 heteroatoms. The van der Waals surface area contributed by atoms with Crippen molar-refractivity contribution < 1.29 is 14.3 Å². The van der Waals surface area contributed by atoms with Gasteiger partial charge < -0.3 is 15.0 Å². The van der Waals surface area contributed by atoms with Crippen LogP contribution in [0.25, 0.3) is 6.08 Å². The van der Waals surface area contributed by atoms with Crippen molar-refractivity contribution in [3.63, 3.8) is 0 Å². The van der Waals surface area contributed by atoms with Gasteiger partial charge >= 0.3 is 0 Å². The van der Waals surface area contributed by atoms with Crippen LogP contribution in [0.2, 0.25) is 0 Å². The number of rotatable bonds is 5. The maximum absolute atomic E-state index is 12.7. The summed E-state index contributed by atoms with van der Waals surface area (Å²) >= 11 is 5.21. The van der Waals surface area contributed by atoms with Crippen LogP contribution < -0.4 is 15.4 Å². The number of nitrogens with zero attached hydrogens (tertiary/aromatic N) is 1. The Bertz CT molecular complexity index is 932. The van der Waals surface area contributed by atoms with Crippen LogP contribution in [-0.4, -0.2) is 42.0 Å². The van der Waals surface area contributed by atoms with Crippen molar-refractivity contribution in [1.29, 1.82) is 0 Å². The van der Waals surface area contributed by atoms with Gasteiger partial charge in [-0.15, -0.1) is 0 Å². The largest absolute Gasteiger partial charge is 0.497 e. The van der Waals surface area contributed by atoms with Gasteiger partial charge in [-0.2, -0.15) is 0 Å². The fourth-order valence-electron chi connectivity index (χ4n) is 3.36. The molecule has 0 aliphatic carbocycles. The molecule has 2 N–H and O–H groups in total. The number of benzene rings is 2. The topological polar surface area (TPSA) is 70.7 Å². The standard InChI is InChI=1S/C24H27N3O3S/c1-30-21-13-6-18(7-14-21)8-15-22(28)26-24(31)25-20-11-9-19(10-12-20)23(29)27-16-4-2-3-5-17-27/h6-15H,2-5,16-17H2,1H3,(H2,25,26,28,31)/b15-8+. The molecule has 1 fully saturated rings. The normalized spacial score (nSPS) is 14.0. The highest BCUT2D eigenvalue weighted by molar-refractivity contribution is 7.80. The molecule has 3 rings (SSSR count). The molecule has 0 bridgehead atoms. The molecular formula is C24H27N3O3S. The van der Waals surface area contributed by atoms with Gasteiger partial charge in [-0.3, -0.25) is 14.9 Å². The van der Waals surface area contributed by atoms with Gasteiger partial charge in [0.25, 0.3) is 5.91 Å². The summed E-state index contributed by atoms with van der Waals surface area (Å²) in [7, 11) is 1.60. The number of carbonyl (C=O) groups excluding carboxylic acids is 2. The summed E-state index contributed by atoms with van der Waals surface area (Å²) in [5, 5.41) is 5.77. The van der Waals surface area contributed by atoms with Crippen molar-refractivity contribution in [1.82, 2.24) is 10.2 Å². The van der Waals surface area contributed by atoms with Gasteiger partial charge in [0.15, 0.2) is 5.11 Å². The molecule has 1 aliphatic heterocycles. The number of carbonyl (C=O) groups is 2. The summed E-state index contributed by atoms with van der Waals surface area (Å²) in [5.74, 6) is 0.486. The van der Waals surface area contributed by atoms with Gasteiger partial charge in [0, 0.05) is 30.4 Å². The molecule has 0 unspecified atom stereocenters. The summed E-state index contributed by atoms with van der Waals surface area (Å²) in [5.41, 5.74) is 2.24. The van der Waals surface area contributed by atoms with Gasteiger partial charge in [-0.05, 0) is 73.1 Å². The van der Waals surface area contributed by atoms with E-state index in [9.17, 15) is 9.59 Å². The van der Waals surface area contributed by atoms with Crippen molar-refractivity contribution >= 4 is 40.9 Å². The molecule has 0 radical (unpaired) electrons. The minimum atomic E-state index is -0.332. The third-order valence-corrected chi connectivity index (χ3v) is 5.27. The third-order valence-electron chi connectivity index (χ3n) is 5.06. The number of anilines is 1. The summed E-state index contributed by atoms with van der Waals surface area (Å²) in [6.07, 6.45) is 7.61. The maximum atomic E-state index is 12.7. The summed E-state index contributed by atoms with van der Waals surface area (Å²) in [6, 6.07) is 14.5. The fraction of sp³-hybridized carbons (Fsp3) is 0.292. The van der Waals surface area contributed by atoms with E-state index in [-0.39, 0.29) is 16.9 Å². The monoisotopic (exact) mass is 437 g/mol. The van der Waals surface area contributed by atoms with Crippen LogP contribution >= 0.6 is 12.2 Å². The maximum Gasteiger partial charge on any atom is 0.253 e. The van der Waals surface area contributed by atoms with E-state index >= 15 is 0 Å². The van der Waals surface area contributed by atoms with Crippen molar-refractivity contribution in [2.45, 2.75) is 25.7 Å². The summed E-state index contributed by atoms with van der Waals surface area (Å²) < 4.78 is 5.11. The van der Waals surface area contributed by atoms with E-state index in [1.807, 2.05) is 29.2 Å². The first kappa shape index (κ1) is 22.5. The highest BCUT2D eigenvalue weighted by Gasteiger charge is 2.17. The molecule has 0 atom stereocenters. The molecule has 2 aromatic rings. The molecular weight excluding hydrogens is 410 g/mol. The van der Waals surface area contributed by atoms with Gasteiger partial charge in [-0.25, -0.2) is 0 Å². The fourth-order valence-corrected chi connectivity index (χ4v) is 3.57. The van der Waals surface area contributed by atoms with Crippen LogP contribution in [0.1, 0.15) is 41.6 Å². The molecule has 0 spiro atoms. The SMILES string of the molecule is COc1ccc(/C=C/C(=O)NC(=S)Nc2ccc(C(=O)N3CCCCCC3)cc2)cc1. The third kappa shape index (κ3) is 6.93. The van der Waals surface area contributed by atoms with E-state index in [1.165, 1.54) is 18.9 Å². The summed E-state index contributed by atoms with van der Waals surface area (Å²) in [4.78, 5) is 26.7. The molecule has 6 nitrogen and oxygen atoms in total. The first-order valence-electron chi connectivity index (χ1n) is 10.4. The molecule has 0 saturated carbocycles. The Morgan fingerprint density at radius 1 is 0.968 bits per heavy atom. The Balaban J connectivity index is 1.49. The number of likely N-dealkylation sites (tertiary alicyclic amines) is 1. The van der Waals surface area contributed by atoms with Crippen molar-refractivity contribution in [3.05, 3.63) is 65.7 Å². The number of hydrogen-bond acceptors (Lipinski definition) is 4. The molecule has 31 heavy (non-hydrogen) atoms. The highest BCUT2D eigenvalue weighted by Crippen LogP contribution is 2.16. The average molecular weight is 438 g/mol. The molecule has 1 heterocycles. The Labute approximate surface area is 188 Å². The predicted molar refractivity (Wildman–Crippen MR) is 127 cm³/mol. The number of amides is 2. The minimum Gasteiger partial charge on any atom is -0.497 e. The second-order valence-electron chi connectivity index (χ2n) is 7.33. The lowest BCUT2D eigenvalue weighted by atomic mass is 10.1. The smallest absolute Gasteiger partial charge is 0.253 e. The van der Waals surface area contributed by atoms with Crippen molar-refractivity contribution in [2.24, 2.45) is 0 Å². The van der Waals surface area contributed by atoms with Crippen LogP contribution in [-0.2, 0) is 4.79 Å². The second kappa shape index (κ2) is 11.3. The van der Waals surface area contributed by atoms with Gasteiger partial charge in [-0.1, -0.05) is 25.0 Å². The average Bonchev–Trinajstić information content (AvgIpc) is 3.07. The van der Waals surface area contributed by atoms with Crippen molar-refractivity contribution in [3.8, 4) is 5.75 Å². The van der Waals surface area contributed by atoms with Gasteiger partial charge in [0.1, 0.15) is 5.75 Å². The number of methoxy groups -OCH3 is 1. The quantitative estimate of drug-likeness (QED) is 0.541. The van der Waals surface area contributed by atoms with Crippen LogP contribution in [0.5, 0.6) is 5.75 Å².